The third-order valence-corrected chi connectivity index (χ3v) is 7.23. The van der Waals surface area contributed by atoms with E-state index in [9.17, 15) is 17.6 Å². The molecule has 8 heteroatoms. The minimum Gasteiger partial charge on any atom is -0.342 e. The molecule has 150 valence electrons. The summed E-state index contributed by atoms with van der Waals surface area (Å²) in [6.07, 6.45) is 5.74. The van der Waals surface area contributed by atoms with Crippen LogP contribution in [0.4, 0.5) is 4.39 Å². The van der Waals surface area contributed by atoms with Crippen molar-refractivity contribution in [1.29, 1.82) is 0 Å². The van der Waals surface area contributed by atoms with E-state index in [0.29, 0.717) is 32.7 Å². The molecule has 1 aromatic rings. The van der Waals surface area contributed by atoms with E-state index in [-0.39, 0.29) is 10.8 Å². The largest absolute Gasteiger partial charge is 0.342 e. The number of hydrogen-bond donors (Lipinski definition) is 0. The number of halogens is 1. The van der Waals surface area contributed by atoms with Crippen LogP contribution in [-0.2, 0) is 14.8 Å². The Bertz CT molecular complexity index is 740. The van der Waals surface area contributed by atoms with E-state index in [1.807, 2.05) is 9.80 Å². The predicted molar refractivity (Wildman–Crippen MR) is 101 cm³/mol. The highest BCUT2D eigenvalue weighted by Gasteiger charge is 2.30. The number of likely N-dealkylation sites (tertiary alicyclic amines) is 1. The molecule has 0 unspecified atom stereocenters. The van der Waals surface area contributed by atoms with Crippen LogP contribution in [0.3, 0.4) is 0 Å². The quantitative estimate of drug-likeness (QED) is 0.779. The number of rotatable bonds is 4. The molecule has 27 heavy (non-hydrogen) atoms. The number of sulfonamides is 1. The van der Waals surface area contributed by atoms with E-state index < -0.39 is 15.8 Å². The van der Waals surface area contributed by atoms with Gasteiger partial charge in [0.15, 0.2) is 0 Å². The van der Waals surface area contributed by atoms with Gasteiger partial charge in [0.05, 0.1) is 11.4 Å². The van der Waals surface area contributed by atoms with Gasteiger partial charge in [-0.05, 0) is 31.0 Å². The monoisotopic (exact) mass is 397 g/mol. The molecule has 1 aromatic carbocycles. The Kier molecular flexibility index (Phi) is 6.83. The van der Waals surface area contributed by atoms with Gasteiger partial charge < -0.3 is 4.90 Å². The summed E-state index contributed by atoms with van der Waals surface area (Å²) in [5, 5.41) is 0. The van der Waals surface area contributed by atoms with Crippen LogP contribution in [0, 0.1) is 5.82 Å². The van der Waals surface area contributed by atoms with Gasteiger partial charge in [-0.15, -0.1) is 0 Å². The van der Waals surface area contributed by atoms with Gasteiger partial charge in [-0.3, -0.25) is 9.69 Å². The smallest absolute Gasteiger partial charge is 0.243 e. The molecular formula is C19H28FN3O3S. The van der Waals surface area contributed by atoms with E-state index in [1.54, 1.807) is 0 Å². The van der Waals surface area contributed by atoms with Crippen LogP contribution in [0.2, 0.25) is 0 Å². The average Bonchev–Trinajstić information content (AvgIpc) is 2.62. The van der Waals surface area contributed by atoms with Gasteiger partial charge in [-0.25, -0.2) is 12.8 Å². The summed E-state index contributed by atoms with van der Waals surface area (Å²) in [6.45, 7) is 3.63. The van der Waals surface area contributed by atoms with Crippen LogP contribution < -0.4 is 0 Å². The lowest BCUT2D eigenvalue weighted by atomic mass is 10.1. The second-order valence-electron chi connectivity index (χ2n) is 7.29. The molecular weight excluding hydrogens is 369 g/mol. The lowest BCUT2D eigenvalue weighted by Crippen LogP contribution is -2.51. The Hall–Kier alpha value is -1.51. The zero-order valence-corrected chi connectivity index (χ0v) is 16.5. The van der Waals surface area contributed by atoms with Gasteiger partial charge in [0.1, 0.15) is 5.82 Å². The van der Waals surface area contributed by atoms with Crippen molar-refractivity contribution < 1.29 is 17.6 Å². The first kappa shape index (κ1) is 20.2. The van der Waals surface area contributed by atoms with Gasteiger partial charge in [-0.1, -0.05) is 25.3 Å². The lowest BCUT2D eigenvalue weighted by molar-refractivity contribution is -0.133. The fourth-order valence-corrected chi connectivity index (χ4v) is 5.15. The van der Waals surface area contributed by atoms with Crippen LogP contribution in [0.5, 0.6) is 0 Å². The standard InChI is InChI=1S/C19H28FN3O3S/c20-17-7-6-8-18(15-17)27(25,26)23-13-11-21(12-14-23)16-19(24)22-9-4-2-1-3-5-10-22/h6-8,15H,1-5,9-14,16H2. The molecule has 0 spiro atoms. The Balaban J connectivity index is 1.53. The summed E-state index contributed by atoms with van der Waals surface area (Å²) in [4.78, 5) is 16.5. The minimum atomic E-state index is -3.69. The van der Waals surface area contributed by atoms with Crippen molar-refractivity contribution >= 4 is 15.9 Å². The average molecular weight is 398 g/mol. The normalized spacial score (nSPS) is 20.9. The first-order valence-corrected chi connectivity index (χ1v) is 11.2. The van der Waals surface area contributed by atoms with Gasteiger partial charge in [0.2, 0.25) is 15.9 Å². The molecule has 6 nitrogen and oxygen atoms in total. The molecule has 2 aliphatic rings. The number of piperazine rings is 1. The maximum Gasteiger partial charge on any atom is 0.243 e. The lowest BCUT2D eigenvalue weighted by Gasteiger charge is -2.35. The highest BCUT2D eigenvalue weighted by atomic mass is 32.2. The number of carbonyl (C=O) groups excluding carboxylic acids is 1. The molecule has 0 radical (unpaired) electrons. The molecule has 2 fully saturated rings. The third kappa shape index (κ3) is 5.27. The Morgan fingerprint density at radius 1 is 0.926 bits per heavy atom. The zero-order valence-electron chi connectivity index (χ0n) is 15.6. The summed E-state index contributed by atoms with van der Waals surface area (Å²) in [7, 11) is -3.69. The first-order valence-electron chi connectivity index (χ1n) is 9.73. The Morgan fingerprint density at radius 3 is 2.19 bits per heavy atom. The van der Waals surface area contributed by atoms with Crippen LogP contribution in [0.1, 0.15) is 32.1 Å². The number of benzene rings is 1. The van der Waals surface area contributed by atoms with Crippen molar-refractivity contribution in [3.8, 4) is 0 Å². The number of hydrogen-bond acceptors (Lipinski definition) is 4. The summed E-state index contributed by atoms with van der Waals surface area (Å²) in [6, 6.07) is 5.09. The van der Waals surface area contributed by atoms with Crippen molar-refractivity contribution in [1.82, 2.24) is 14.1 Å². The molecule has 0 N–H and O–H groups in total. The van der Waals surface area contributed by atoms with Gasteiger partial charge in [0.25, 0.3) is 0 Å². The van der Waals surface area contributed by atoms with E-state index in [4.69, 9.17) is 0 Å². The number of amides is 1. The topological polar surface area (TPSA) is 60.9 Å². The molecule has 0 atom stereocenters. The molecule has 0 saturated carbocycles. The SMILES string of the molecule is O=C(CN1CCN(S(=O)(=O)c2cccc(F)c2)CC1)N1CCCCCCC1. The van der Waals surface area contributed by atoms with Crippen molar-refractivity contribution in [3.05, 3.63) is 30.1 Å². The highest BCUT2D eigenvalue weighted by Crippen LogP contribution is 2.18. The number of nitrogens with zero attached hydrogens (tertiary/aromatic N) is 3. The van der Waals surface area contributed by atoms with Crippen molar-refractivity contribution in [2.45, 2.75) is 37.0 Å². The van der Waals surface area contributed by atoms with Crippen LogP contribution >= 0.6 is 0 Å². The van der Waals surface area contributed by atoms with Crippen molar-refractivity contribution in [3.63, 3.8) is 0 Å². The molecule has 0 aliphatic carbocycles. The van der Waals surface area contributed by atoms with Gasteiger partial charge >= 0.3 is 0 Å². The molecule has 2 heterocycles. The predicted octanol–water partition coefficient (Wildman–Crippen LogP) is 1.92. The zero-order chi connectivity index (χ0) is 19.3. The van der Waals surface area contributed by atoms with Crippen LogP contribution in [0.25, 0.3) is 0 Å². The fraction of sp³-hybridized carbons (Fsp3) is 0.632. The highest BCUT2D eigenvalue weighted by molar-refractivity contribution is 7.89. The molecule has 0 bridgehead atoms. The maximum atomic E-state index is 13.4. The Labute approximate surface area is 161 Å². The van der Waals surface area contributed by atoms with E-state index in [0.717, 1.165) is 32.0 Å². The summed E-state index contributed by atoms with van der Waals surface area (Å²) >= 11 is 0. The van der Waals surface area contributed by atoms with Crippen molar-refractivity contribution in [2.75, 3.05) is 45.8 Å². The first-order chi connectivity index (χ1) is 13.0. The molecule has 1 amide bonds. The fourth-order valence-electron chi connectivity index (χ4n) is 3.69. The molecule has 2 saturated heterocycles. The Morgan fingerprint density at radius 2 is 1.56 bits per heavy atom. The second kappa shape index (κ2) is 9.12. The van der Waals surface area contributed by atoms with Crippen LogP contribution in [0.15, 0.2) is 29.2 Å². The molecule has 0 aromatic heterocycles. The minimum absolute atomic E-state index is 0.0207. The van der Waals surface area contributed by atoms with Crippen LogP contribution in [-0.4, -0.2) is 74.2 Å². The molecule has 2 aliphatic heterocycles. The van der Waals surface area contributed by atoms with Crippen molar-refractivity contribution in [2.24, 2.45) is 0 Å². The van der Waals surface area contributed by atoms with E-state index in [2.05, 4.69) is 0 Å². The third-order valence-electron chi connectivity index (χ3n) is 5.33. The second-order valence-corrected chi connectivity index (χ2v) is 9.22. The van der Waals surface area contributed by atoms with Gasteiger partial charge in [-0.2, -0.15) is 4.31 Å². The summed E-state index contributed by atoms with van der Waals surface area (Å²) in [5.74, 6) is -0.424. The summed E-state index contributed by atoms with van der Waals surface area (Å²) in [5.41, 5.74) is 0. The maximum absolute atomic E-state index is 13.4. The van der Waals surface area contributed by atoms with E-state index >= 15 is 0 Å². The van der Waals surface area contributed by atoms with E-state index in [1.165, 1.54) is 41.8 Å². The molecule has 3 rings (SSSR count). The summed E-state index contributed by atoms with van der Waals surface area (Å²) < 4.78 is 40.0. The number of carbonyl (C=O) groups is 1. The van der Waals surface area contributed by atoms with Gasteiger partial charge in [0, 0.05) is 39.3 Å².